The first-order valence-corrected chi connectivity index (χ1v) is 9.32. The Bertz CT molecular complexity index is 706. The van der Waals surface area contributed by atoms with Crippen molar-refractivity contribution in [3.63, 3.8) is 0 Å². The molecule has 148 valence electrons. The molecule has 2 saturated carbocycles. The molecule has 2 bridgehead atoms. The molecule has 2 fully saturated rings. The van der Waals surface area contributed by atoms with Crippen LogP contribution in [0.5, 0.6) is 0 Å². The van der Waals surface area contributed by atoms with Crippen LogP contribution in [-0.2, 0) is 6.54 Å². The molecule has 1 aromatic carbocycles. The van der Waals surface area contributed by atoms with Crippen molar-refractivity contribution in [2.75, 3.05) is 0 Å². The van der Waals surface area contributed by atoms with Crippen LogP contribution in [0.4, 0.5) is 0 Å². The Morgan fingerprint density at radius 2 is 1.81 bits per heavy atom. The fraction of sp³-hybridized carbons (Fsp3) is 0.500. The van der Waals surface area contributed by atoms with Crippen molar-refractivity contribution in [2.24, 2.45) is 17.6 Å². The van der Waals surface area contributed by atoms with Crippen LogP contribution < -0.4 is 11.1 Å². The first-order valence-electron chi connectivity index (χ1n) is 9.32. The Labute approximate surface area is 172 Å². The highest BCUT2D eigenvalue weighted by Gasteiger charge is 2.39. The van der Waals surface area contributed by atoms with Gasteiger partial charge in [0.15, 0.2) is 0 Å². The van der Waals surface area contributed by atoms with Gasteiger partial charge in [-0.3, -0.25) is 9.48 Å². The fourth-order valence-electron chi connectivity index (χ4n) is 4.60. The van der Waals surface area contributed by atoms with Crippen molar-refractivity contribution in [1.29, 1.82) is 0 Å². The van der Waals surface area contributed by atoms with Gasteiger partial charge in [-0.2, -0.15) is 5.10 Å². The highest BCUT2D eigenvalue weighted by molar-refractivity contribution is 5.94. The quantitative estimate of drug-likeness (QED) is 0.810. The fourth-order valence-corrected chi connectivity index (χ4v) is 4.60. The molecule has 1 amide bonds. The van der Waals surface area contributed by atoms with Gasteiger partial charge in [-0.05, 0) is 61.3 Å². The molecule has 2 aliphatic rings. The summed E-state index contributed by atoms with van der Waals surface area (Å²) in [5.41, 5.74) is 8.05. The first kappa shape index (κ1) is 21.7. The van der Waals surface area contributed by atoms with E-state index < -0.39 is 0 Å². The summed E-state index contributed by atoms with van der Waals surface area (Å²) in [5.74, 6) is 1.14. The SMILES string of the molecule is Cl.Cl.NC1CC2CCCC(C1)C2NC(=O)c1ccc(Cn2cccn2)cc1. The molecule has 7 heteroatoms. The Balaban J connectivity index is 0.00000131. The average Bonchev–Trinajstić information content (AvgIpc) is 3.09. The second-order valence-corrected chi connectivity index (χ2v) is 7.58. The van der Waals surface area contributed by atoms with Gasteiger partial charge in [-0.25, -0.2) is 0 Å². The van der Waals surface area contributed by atoms with Gasteiger partial charge in [0.2, 0.25) is 0 Å². The van der Waals surface area contributed by atoms with Crippen molar-refractivity contribution in [3.8, 4) is 0 Å². The summed E-state index contributed by atoms with van der Waals surface area (Å²) in [6.07, 6.45) is 9.46. The predicted octanol–water partition coefficient (Wildman–Crippen LogP) is 3.41. The summed E-state index contributed by atoms with van der Waals surface area (Å²) in [5, 5.41) is 7.52. The van der Waals surface area contributed by atoms with E-state index in [0.717, 1.165) is 30.5 Å². The van der Waals surface area contributed by atoms with Crippen LogP contribution in [0.1, 0.15) is 48.0 Å². The van der Waals surface area contributed by atoms with Crippen molar-refractivity contribution in [2.45, 2.75) is 50.7 Å². The van der Waals surface area contributed by atoms with E-state index in [-0.39, 0.29) is 30.7 Å². The molecule has 1 heterocycles. The molecule has 2 aromatic rings. The molecule has 27 heavy (non-hydrogen) atoms. The molecule has 5 nitrogen and oxygen atoms in total. The Morgan fingerprint density at radius 3 is 2.41 bits per heavy atom. The molecule has 0 spiro atoms. The second kappa shape index (κ2) is 9.58. The number of hydrogen-bond acceptors (Lipinski definition) is 3. The molecule has 2 unspecified atom stereocenters. The number of nitrogens with one attached hydrogen (secondary N) is 1. The third-order valence-electron chi connectivity index (χ3n) is 5.79. The minimum absolute atomic E-state index is 0. The lowest BCUT2D eigenvalue weighted by molar-refractivity contribution is 0.0756. The highest BCUT2D eigenvalue weighted by atomic mass is 35.5. The number of nitrogens with two attached hydrogens (primary N) is 1. The highest BCUT2D eigenvalue weighted by Crippen LogP contribution is 2.39. The maximum atomic E-state index is 12.7. The predicted molar refractivity (Wildman–Crippen MR) is 112 cm³/mol. The van der Waals surface area contributed by atoms with E-state index in [1.54, 1.807) is 6.20 Å². The third-order valence-corrected chi connectivity index (χ3v) is 5.79. The van der Waals surface area contributed by atoms with Gasteiger partial charge in [-0.1, -0.05) is 18.6 Å². The van der Waals surface area contributed by atoms with E-state index >= 15 is 0 Å². The molecule has 2 atom stereocenters. The summed E-state index contributed by atoms with van der Waals surface area (Å²) >= 11 is 0. The van der Waals surface area contributed by atoms with Crippen molar-refractivity contribution in [3.05, 3.63) is 53.9 Å². The number of amides is 1. The summed E-state index contributed by atoms with van der Waals surface area (Å²) < 4.78 is 1.88. The smallest absolute Gasteiger partial charge is 0.251 e. The van der Waals surface area contributed by atoms with Gasteiger partial charge in [0.25, 0.3) is 5.91 Å². The molecule has 1 aromatic heterocycles. The van der Waals surface area contributed by atoms with Gasteiger partial charge < -0.3 is 11.1 Å². The van der Waals surface area contributed by atoms with Crippen molar-refractivity contribution in [1.82, 2.24) is 15.1 Å². The Kier molecular flexibility index (Phi) is 7.71. The van der Waals surface area contributed by atoms with Gasteiger partial charge in [-0.15, -0.1) is 24.8 Å². The zero-order valence-corrected chi connectivity index (χ0v) is 16.9. The van der Waals surface area contributed by atoms with E-state index in [1.165, 1.54) is 19.3 Å². The second-order valence-electron chi connectivity index (χ2n) is 7.58. The van der Waals surface area contributed by atoms with Crippen LogP contribution in [0.15, 0.2) is 42.7 Å². The van der Waals surface area contributed by atoms with Crippen LogP contribution in [-0.4, -0.2) is 27.8 Å². The molecular weight excluding hydrogens is 383 g/mol. The zero-order valence-electron chi connectivity index (χ0n) is 15.3. The van der Waals surface area contributed by atoms with E-state index in [4.69, 9.17) is 5.73 Å². The van der Waals surface area contributed by atoms with Gasteiger partial charge in [0, 0.05) is 30.0 Å². The van der Waals surface area contributed by atoms with Crippen molar-refractivity contribution < 1.29 is 4.79 Å². The number of carbonyl (C=O) groups excluding carboxylic acids is 1. The summed E-state index contributed by atoms with van der Waals surface area (Å²) in [6, 6.07) is 10.4. The Hall–Kier alpha value is -1.56. The molecule has 3 N–H and O–H groups in total. The molecule has 2 aliphatic carbocycles. The summed E-state index contributed by atoms with van der Waals surface area (Å²) in [6.45, 7) is 0.722. The lowest BCUT2D eigenvalue weighted by Crippen LogP contribution is -2.53. The lowest BCUT2D eigenvalue weighted by Gasteiger charge is -2.45. The molecule has 0 saturated heterocycles. The topological polar surface area (TPSA) is 72.9 Å². The number of aromatic nitrogens is 2. The minimum atomic E-state index is 0. The number of carbonyl (C=O) groups is 1. The largest absolute Gasteiger partial charge is 0.349 e. The number of fused-ring (bicyclic) bond motifs is 2. The normalized spacial score (nSPS) is 26.4. The van der Waals surface area contributed by atoms with Gasteiger partial charge in [0.1, 0.15) is 0 Å². The van der Waals surface area contributed by atoms with Gasteiger partial charge >= 0.3 is 0 Å². The summed E-state index contributed by atoms with van der Waals surface area (Å²) in [4.78, 5) is 12.7. The minimum Gasteiger partial charge on any atom is -0.349 e. The molecule has 0 radical (unpaired) electrons. The number of rotatable bonds is 4. The van der Waals surface area contributed by atoms with Gasteiger partial charge in [0.05, 0.1) is 6.54 Å². The van der Waals surface area contributed by atoms with E-state index in [9.17, 15) is 4.79 Å². The number of halogens is 2. The maximum Gasteiger partial charge on any atom is 0.251 e. The van der Waals surface area contributed by atoms with Crippen LogP contribution in [0, 0.1) is 11.8 Å². The van der Waals surface area contributed by atoms with Crippen LogP contribution in [0.25, 0.3) is 0 Å². The van der Waals surface area contributed by atoms with Crippen LogP contribution in [0.2, 0.25) is 0 Å². The van der Waals surface area contributed by atoms with E-state index in [1.807, 2.05) is 41.2 Å². The first-order chi connectivity index (χ1) is 12.2. The number of benzene rings is 1. The number of hydrogen-bond donors (Lipinski definition) is 2. The molecular formula is C20H28Cl2N4O. The summed E-state index contributed by atoms with van der Waals surface area (Å²) in [7, 11) is 0. The average molecular weight is 411 g/mol. The third kappa shape index (κ3) is 5.03. The van der Waals surface area contributed by atoms with E-state index in [0.29, 0.717) is 23.9 Å². The van der Waals surface area contributed by atoms with Crippen LogP contribution in [0.3, 0.4) is 0 Å². The Morgan fingerprint density at radius 1 is 1.15 bits per heavy atom. The zero-order chi connectivity index (χ0) is 17.2. The monoisotopic (exact) mass is 410 g/mol. The standard InChI is InChI=1S/C20H26N4O.2ClH/c21-18-11-16-3-1-4-17(12-18)19(16)23-20(25)15-7-5-14(6-8-15)13-24-10-2-9-22-24;;/h2,5-10,16-19H,1,3-4,11-13,21H2,(H,23,25);2*1H. The maximum absolute atomic E-state index is 12.7. The number of nitrogens with zero attached hydrogens (tertiary/aromatic N) is 2. The molecule has 0 aliphatic heterocycles. The van der Waals surface area contributed by atoms with Crippen molar-refractivity contribution >= 4 is 30.7 Å². The lowest BCUT2D eigenvalue weighted by atomic mass is 9.67. The van der Waals surface area contributed by atoms with Crippen LogP contribution >= 0.6 is 24.8 Å². The molecule has 4 rings (SSSR count). The van der Waals surface area contributed by atoms with E-state index in [2.05, 4.69) is 10.4 Å².